The monoisotopic (exact) mass is 487 g/mol. The Bertz CT molecular complexity index is 1220. The van der Waals surface area contributed by atoms with Gasteiger partial charge in [0.25, 0.3) is 0 Å². The predicted octanol–water partition coefficient (Wildman–Crippen LogP) is 4.50. The summed E-state index contributed by atoms with van der Waals surface area (Å²) < 4.78 is 25.2. The maximum atomic E-state index is 13.6. The van der Waals surface area contributed by atoms with Gasteiger partial charge in [0.15, 0.2) is 0 Å². The average molecular weight is 488 g/mol. The fourth-order valence-electron chi connectivity index (χ4n) is 4.16. The third-order valence-electron chi connectivity index (χ3n) is 5.92. The van der Waals surface area contributed by atoms with Crippen LogP contribution in [0.1, 0.15) is 12.8 Å². The number of benzene rings is 2. The molecule has 2 aliphatic heterocycles. The maximum absolute atomic E-state index is 13.6. The summed E-state index contributed by atoms with van der Waals surface area (Å²) in [6.07, 6.45) is 1.90. The maximum Gasteiger partial charge on any atom is 0.407 e. The van der Waals surface area contributed by atoms with Crippen LogP contribution in [-0.4, -0.2) is 64.5 Å². The zero-order chi connectivity index (χ0) is 23.7. The molecule has 1 amide bonds. The Morgan fingerprint density at radius 3 is 2.88 bits per heavy atom. The summed E-state index contributed by atoms with van der Waals surface area (Å²) in [6, 6.07) is 8.01. The average Bonchev–Trinajstić information content (AvgIpc) is 3.49. The number of carbonyl (C=O) groups is 1. The lowest BCUT2D eigenvalue weighted by atomic mass is 10.1. The van der Waals surface area contributed by atoms with Crippen molar-refractivity contribution in [2.24, 2.45) is 0 Å². The smallest absolute Gasteiger partial charge is 0.407 e. The van der Waals surface area contributed by atoms with E-state index in [0.717, 1.165) is 6.42 Å². The van der Waals surface area contributed by atoms with E-state index in [1.807, 2.05) is 12.1 Å². The minimum atomic E-state index is -0.930. The van der Waals surface area contributed by atoms with Crippen LogP contribution in [-0.2, 0) is 4.74 Å². The Morgan fingerprint density at radius 2 is 2.15 bits per heavy atom. The number of anilines is 3. The second-order valence-corrected chi connectivity index (χ2v) is 8.71. The van der Waals surface area contributed by atoms with Gasteiger partial charge < -0.3 is 30.1 Å². The van der Waals surface area contributed by atoms with Gasteiger partial charge in [0.05, 0.1) is 29.4 Å². The molecule has 0 spiro atoms. The molecule has 0 saturated carbocycles. The van der Waals surface area contributed by atoms with Crippen molar-refractivity contribution in [1.29, 1.82) is 0 Å². The van der Waals surface area contributed by atoms with E-state index < -0.39 is 11.9 Å². The number of carboxylic acid groups (broad SMARTS) is 1. The number of likely N-dealkylation sites (tertiary alicyclic amines) is 1. The molecule has 3 N–H and O–H groups in total. The second kappa shape index (κ2) is 9.47. The van der Waals surface area contributed by atoms with E-state index in [0.29, 0.717) is 66.6 Å². The fraction of sp³-hybridized carbons (Fsp3) is 0.348. The zero-order valence-corrected chi connectivity index (χ0v) is 18.9. The van der Waals surface area contributed by atoms with Crippen molar-refractivity contribution in [3.05, 3.63) is 47.5 Å². The number of ether oxygens (including phenoxy) is 2. The largest absolute Gasteiger partial charge is 0.486 e. The summed E-state index contributed by atoms with van der Waals surface area (Å²) in [4.78, 5) is 21.5. The minimum absolute atomic E-state index is 0.00408. The molecule has 2 fully saturated rings. The highest BCUT2D eigenvalue weighted by molar-refractivity contribution is 6.31. The molecule has 1 aromatic heterocycles. The quantitative estimate of drug-likeness (QED) is 0.466. The topological polar surface area (TPSA) is 109 Å². The Balaban J connectivity index is 1.49. The standard InChI is InChI=1S/C23H23ClFN5O4/c24-17-7-13(1-2-18(17)25)29-22-16-8-20(28-14-3-5-30(10-14)23(31)32)21(9-19(16)26-12-27-22)34-15-4-6-33-11-15/h1-2,7-9,12,14-15,28H,3-6,10-11H2,(H,31,32)(H,26,27,29)/t14-,15?/m0/s1. The molecule has 11 heteroatoms. The Hall–Kier alpha value is -3.37. The highest BCUT2D eigenvalue weighted by Crippen LogP contribution is 2.36. The zero-order valence-electron chi connectivity index (χ0n) is 18.1. The number of aromatic nitrogens is 2. The Morgan fingerprint density at radius 1 is 1.26 bits per heavy atom. The van der Waals surface area contributed by atoms with Gasteiger partial charge in [-0.3, -0.25) is 0 Å². The first-order valence-corrected chi connectivity index (χ1v) is 11.3. The number of fused-ring (bicyclic) bond motifs is 1. The number of hydrogen-bond donors (Lipinski definition) is 3. The van der Waals surface area contributed by atoms with Crippen molar-refractivity contribution in [1.82, 2.24) is 14.9 Å². The van der Waals surface area contributed by atoms with Crippen LogP contribution in [0.25, 0.3) is 10.9 Å². The van der Waals surface area contributed by atoms with Gasteiger partial charge in [0, 0.05) is 42.7 Å². The van der Waals surface area contributed by atoms with Crippen molar-refractivity contribution >= 4 is 45.8 Å². The molecule has 178 valence electrons. The van der Waals surface area contributed by atoms with Crippen LogP contribution >= 0.6 is 11.6 Å². The summed E-state index contributed by atoms with van der Waals surface area (Å²) in [7, 11) is 0. The number of rotatable bonds is 6. The molecule has 2 aromatic carbocycles. The van der Waals surface area contributed by atoms with Gasteiger partial charge in [-0.05, 0) is 30.7 Å². The number of halogens is 2. The lowest BCUT2D eigenvalue weighted by Gasteiger charge is -2.21. The van der Waals surface area contributed by atoms with Crippen LogP contribution in [0, 0.1) is 5.82 Å². The number of hydrogen-bond acceptors (Lipinski definition) is 7. The second-order valence-electron chi connectivity index (χ2n) is 8.30. The summed E-state index contributed by atoms with van der Waals surface area (Å²) in [6.45, 7) is 2.00. The molecule has 34 heavy (non-hydrogen) atoms. The van der Waals surface area contributed by atoms with E-state index in [1.165, 1.54) is 23.4 Å². The minimum Gasteiger partial charge on any atom is -0.486 e. The normalized spacial score (nSPS) is 20.0. The lowest BCUT2D eigenvalue weighted by molar-refractivity contribution is 0.142. The molecule has 1 unspecified atom stereocenters. The van der Waals surface area contributed by atoms with E-state index in [4.69, 9.17) is 21.1 Å². The van der Waals surface area contributed by atoms with Crippen molar-refractivity contribution < 1.29 is 23.8 Å². The summed E-state index contributed by atoms with van der Waals surface area (Å²) in [5.74, 6) is 0.632. The molecule has 3 heterocycles. The van der Waals surface area contributed by atoms with Crippen LogP contribution in [0.15, 0.2) is 36.7 Å². The third-order valence-corrected chi connectivity index (χ3v) is 6.21. The molecule has 0 radical (unpaired) electrons. The molecule has 0 bridgehead atoms. The SMILES string of the molecule is O=C(O)N1CC[C@H](Nc2cc3c(Nc4ccc(F)c(Cl)c4)ncnc3cc2OC2CCOC2)C1. The van der Waals surface area contributed by atoms with E-state index >= 15 is 0 Å². The van der Waals surface area contributed by atoms with Crippen LogP contribution in [0.5, 0.6) is 5.75 Å². The van der Waals surface area contributed by atoms with Crippen LogP contribution < -0.4 is 15.4 Å². The van der Waals surface area contributed by atoms with Crippen molar-refractivity contribution in [3.8, 4) is 5.75 Å². The van der Waals surface area contributed by atoms with E-state index in [1.54, 1.807) is 6.07 Å². The molecule has 9 nitrogen and oxygen atoms in total. The van der Waals surface area contributed by atoms with Gasteiger partial charge in [-0.1, -0.05) is 11.6 Å². The summed E-state index contributed by atoms with van der Waals surface area (Å²) in [5.41, 5.74) is 1.95. The van der Waals surface area contributed by atoms with Crippen molar-refractivity contribution in [2.45, 2.75) is 25.0 Å². The third kappa shape index (κ3) is 4.78. The first-order chi connectivity index (χ1) is 16.5. The molecule has 2 atom stereocenters. The van der Waals surface area contributed by atoms with Crippen molar-refractivity contribution in [3.63, 3.8) is 0 Å². The molecule has 3 aromatic rings. The van der Waals surface area contributed by atoms with Crippen LogP contribution in [0.3, 0.4) is 0 Å². The van der Waals surface area contributed by atoms with E-state index in [-0.39, 0.29) is 17.2 Å². The number of nitrogens with one attached hydrogen (secondary N) is 2. The van der Waals surface area contributed by atoms with Gasteiger partial charge in [0.2, 0.25) is 0 Å². The van der Waals surface area contributed by atoms with Crippen molar-refractivity contribution in [2.75, 3.05) is 36.9 Å². The molecule has 5 rings (SSSR count). The van der Waals surface area contributed by atoms with Gasteiger partial charge in [-0.2, -0.15) is 0 Å². The van der Waals surface area contributed by atoms with Gasteiger partial charge in [-0.15, -0.1) is 0 Å². The highest BCUT2D eigenvalue weighted by Gasteiger charge is 2.27. The van der Waals surface area contributed by atoms with Gasteiger partial charge >= 0.3 is 6.09 Å². The molecule has 0 aliphatic carbocycles. The first kappa shape index (κ1) is 22.4. The first-order valence-electron chi connectivity index (χ1n) is 11.0. The molecular formula is C23H23ClFN5O4. The van der Waals surface area contributed by atoms with Gasteiger partial charge in [0.1, 0.15) is 29.8 Å². The summed E-state index contributed by atoms with van der Waals surface area (Å²) in [5, 5.41) is 16.6. The number of nitrogens with zero attached hydrogens (tertiary/aromatic N) is 3. The highest BCUT2D eigenvalue weighted by atomic mass is 35.5. The predicted molar refractivity (Wildman–Crippen MR) is 126 cm³/mol. The van der Waals surface area contributed by atoms with Crippen LogP contribution in [0.4, 0.5) is 26.4 Å². The molecule has 2 aliphatic rings. The Kier molecular flexibility index (Phi) is 6.25. The molecular weight excluding hydrogens is 465 g/mol. The van der Waals surface area contributed by atoms with Crippen LogP contribution in [0.2, 0.25) is 5.02 Å². The number of amides is 1. The van der Waals surface area contributed by atoms with E-state index in [2.05, 4.69) is 20.6 Å². The van der Waals surface area contributed by atoms with E-state index in [9.17, 15) is 14.3 Å². The van der Waals surface area contributed by atoms with Gasteiger partial charge in [-0.25, -0.2) is 19.2 Å². The Labute approximate surface area is 199 Å². The fourth-order valence-corrected chi connectivity index (χ4v) is 4.34. The summed E-state index contributed by atoms with van der Waals surface area (Å²) >= 11 is 5.92. The molecule has 2 saturated heterocycles. The lowest BCUT2D eigenvalue weighted by Crippen LogP contribution is -2.30.